The number of rotatable bonds is 5. The molecule has 0 saturated carbocycles. The number of hydrogen-bond donors (Lipinski definition) is 1. The number of aromatic hydroxyl groups is 1. The summed E-state index contributed by atoms with van der Waals surface area (Å²) in [6, 6.07) is 24.6. The molecule has 0 spiro atoms. The fraction of sp³-hybridized carbons (Fsp3) is 0.111. The lowest BCUT2D eigenvalue weighted by atomic mass is 10.2. The van der Waals surface area contributed by atoms with Crippen molar-refractivity contribution in [1.29, 1.82) is 0 Å². The van der Waals surface area contributed by atoms with Gasteiger partial charge in [0.25, 0.3) is 0 Å². The van der Waals surface area contributed by atoms with E-state index in [0.29, 0.717) is 5.75 Å². The van der Waals surface area contributed by atoms with E-state index in [1.807, 2.05) is 66.9 Å². The fourth-order valence-electron chi connectivity index (χ4n) is 2.09. The summed E-state index contributed by atoms with van der Waals surface area (Å²) in [5.41, 5.74) is 3.30. The Morgan fingerprint density at radius 3 is 1.68 bits per heavy atom. The first-order chi connectivity index (χ1) is 14.7. The van der Waals surface area contributed by atoms with Crippen LogP contribution < -0.4 is 0 Å². The molecule has 0 aromatic heterocycles. The molecular formula is C27H31ClO2Si. The molecule has 4 heteroatoms. The van der Waals surface area contributed by atoms with Crippen LogP contribution in [-0.2, 0) is 4.43 Å². The smallest absolute Gasteiger partial charge is 0.241 e. The predicted octanol–water partition coefficient (Wildman–Crippen LogP) is 8.53. The van der Waals surface area contributed by atoms with E-state index in [4.69, 9.17) is 21.1 Å². The third-order valence-corrected chi connectivity index (χ3v) is 4.81. The van der Waals surface area contributed by atoms with Crippen LogP contribution in [0.1, 0.15) is 16.7 Å². The zero-order valence-electron chi connectivity index (χ0n) is 18.5. The number of benzene rings is 3. The van der Waals surface area contributed by atoms with Crippen molar-refractivity contribution in [2.45, 2.75) is 19.6 Å². The van der Waals surface area contributed by atoms with Gasteiger partial charge in [0.2, 0.25) is 8.32 Å². The second-order valence-corrected chi connectivity index (χ2v) is 12.4. The quantitative estimate of drug-likeness (QED) is 0.311. The number of phenols is 1. The maximum absolute atomic E-state index is 8.82. The maximum atomic E-state index is 8.82. The molecule has 0 amide bonds. The Morgan fingerprint density at radius 1 is 0.742 bits per heavy atom. The molecule has 0 aliphatic rings. The zero-order valence-corrected chi connectivity index (χ0v) is 20.2. The highest BCUT2D eigenvalue weighted by molar-refractivity contribution is 6.69. The van der Waals surface area contributed by atoms with Crippen LogP contribution in [0.4, 0.5) is 0 Å². The summed E-state index contributed by atoms with van der Waals surface area (Å²) in [5.74, 6) is 0.292. The van der Waals surface area contributed by atoms with Crippen molar-refractivity contribution >= 4 is 38.1 Å². The summed E-state index contributed by atoms with van der Waals surface area (Å²) in [4.78, 5) is 0. The minimum absolute atomic E-state index is 0.292. The van der Waals surface area contributed by atoms with Gasteiger partial charge in [-0.3, -0.25) is 0 Å². The summed E-state index contributed by atoms with van der Waals surface area (Å²) in [5, 5.41) is 9.58. The molecule has 0 aliphatic carbocycles. The second kappa shape index (κ2) is 14.1. The number of phenolic OH excluding ortho intramolecular Hbond substituents is 1. The molecule has 3 aromatic rings. The van der Waals surface area contributed by atoms with E-state index in [9.17, 15) is 0 Å². The lowest BCUT2D eigenvalue weighted by Gasteiger charge is -2.14. The van der Waals surface area contributed by atoms with E-state index < -0.39 is 8.32 Å². The summed E-state index contributed by atoms with van der Waals surface area (Å²) in [6.45, 7) is 13.7. The third kappa shape index (κ3) is 13.0. The Bertz CT molecular complexity index is 876. The maximum Gasteiger partial charge on any atom is 0.241 e. The topological polar surface area (TPSA) is 29.5 Å². The van der Waals surface area contributed by atoms with E-state index >= 15 is 0 Å². The predicted molar refractivity (Wildman–Crippen MR) is 140 cm³/mol. The van der Waals surface area contributed by atoms with E-state index in [-0.39, 0.29) is 0 Å². The molecule has 0 fully saturated rings. The lowest BCUT2D eigenvalue weighted by molar-refractivity contribution is 0.475. The van der Waals surface area contributed by atoms with Crippen LogP contribution in [0, 0.1) is 0 Å². The van der Waals surface area contributed by atoms with E-state index in [2.05, 4.69) is 44.9 Å². The molecule has 2 nitrogen and oxygen atoms in total. The van der Waals surface area contributed by atoms with E-state index in [0.717, 1.165) is 16.1 Å². The van der Waals surface area contributed by atoms with Gasteiger partial charge in [-0.1, -0.05) is 91.5 Å². The molecule has 0 atom stereocenters. The molecular weight excluding hydrogens is 420 g/mol. The SMILES string of the molecule is C=Cc1ccc(Cl)cc1.C=Cc1ccc(O)cc1.C[Si](C)(C)OC=Cc1ccccc1. The van der Waals surface area contributed by atoms with E-state index in [1.165, 1.54) is 5.56 Å². The molecule has 0 radical (unpaired) electrons. The first kappa shape index (κ1) is 26.0. The normalized spacial score (nSPS) is 10.2. The minimum Gasteiger partial charge on any atom is -0.550 e. The Morgan fingerprint density at radius 2 is 1.23 bits per heavy atom. The van der Waals surface area contributed by atoms with Gasteiger partial charge in [0.15, 0.2) is 0 Å². The Balaban J connectivity index is 0.000000239. The zero-order chi connectivity index (χ0) is 23.1. The molecule has 31 heavy (non-hydrogen) atoms. The van der Waals surface area contributed by atoms with Gasteiger partial charge >= 0.3 is 0 Å². The van der Waals surface area contributed by atoms with E-state index in [1.54, 1.807) is 24.3 Å². The summed E-state index contributed by atoms with van der Waals surface area (Å²) in [6.07, 6.45) is 7.33. The van der Waals surface area contributed by atoms with Gasteiger partial charge in [0.1, 0.15) is 5.75 Å². The van der Waals surface area contributed by atoms with Gasteiger partial charge in [-0.2, -0.15) is 0 Å². The van der Waals surface area contributed by atoms with Crippen molar-refractivity contribution in [3.8, 4) is 5.75 Å². The van der Waals surface area contributed by atoms with Crippen LogP contribution >= 0.6 is 11.6 Å². The molecule has 0 aliphatic heterocycles. The summed E-state index contributed by atoms with van der Waals surface area (Å²) >= 11 is 5.63. The van der Waals surface area contributed by atoms with Gasteiger partial charge < -0.3 is 9.53 Å². The van der Waals surface area contributed by atoms with Crippen LogP contribution in [0.5, 0.6) is 5.75 Å². The van der Waals surface area contributed by atoms with Crippen molar-refractivity contribution in [3.63, 3.8) is 0 Å². The van der Waals surface area contributed by atoms with Crippen LogP contribution in [0.2, 0.25) is 24.7 Å². The van der Waals surface area contributed by atoms with Crippen molar-refractivity contribution in [3.05, 3.63) is 120 Å². The highest BCUT2D eigenvalue weighted by atomic mass is 35.5. The molecule has 0 saturated heterocycles. The summed E-state index contributed by atoms with van der Waals surface area (Å²) in [7, 11) is -1.40. The molecule has 0 bridgehead atoms. The first-order valence-corrected chi connectivity index (χ1v) is 13.7. The molecule has 3 rings (SSSR count). The van der Waals surface area contributed by atoms with Crippen molar-refractivity contribution in [2.75, 3.05) is 0 Å². The van der Waals surface area contributed by atoms with Gasteiger partial charge in [-0.15, -0.1) is 0 Å². The Labute approximate surface area is 192 Å². The lowest BCUT2D eigenvalue weighted by Crippen LogP contribution is -2.21. The average Bonchev–Trinajstić information content (AvgIpc) is 2.76. The van der Waals surface area contributed by atoms with Gasteiger partial charge in [0, 0.05) is 5.02 Å². The Kier molecular flexibility index (Phi) is 11.8. The van der Waals surface area contributed by atoms with Gasteiger partial charge in [-0.25, -0.2) is 0 Å². The van der Waals surface area contributed by atoms with Crippen LogP contribution in [0.3, 0.4) is 0 Å². The van der Waals surface area contributed by atoms with Gasteiger partial charge in [0.05, 0.1) is 6.26 Å². The highest BCUT2D eigenvalue weighted by Gasteiger charge is 2.12. The standard InChI is InChI=1S/C11H16OSi.C8H7Cl.C8H8O/c1-13(2,3)12-10-9-11-7-5-4-6-8-11;2*1-2-7-3-5-8(9)6-4-7/h4-10H,1-3H3;2-6H,1H2;2-6,9H,1H2. The third-order valence-electron chi connectivity index (χ3n) is 3.72. The largest absolute Gasteiger partial charge is 0.550 e. The minimum atomic E-state index is -1.40. The van der Waals surface area contributed by atoms with Crippen molar-refractivity contribution < 1.29 is 9.53 Å². The number of hydrogen-bond acceptors (Lipinski definition) is 2. The highest BCUT2D eigenvalue weighted by Crippen LogP contribution is 2.10. The number of halogens is 1. The van der Waals surface area contributed by atoms with Crippen LogP contribution in [0.25, 0.3) is 18.2 Å². The summed E-state index contributed by atoms with van der Waals surface area (Å²) < 4.78 is 5.59. The monoisotopic (exact) mass is 450 g/mol. The fourth-order valence-corrected chi connectivity index (χ4v) is 2.69. The first-order valence-electron chi connectivity index (χ1n) is 9.92. The second-order valence-electron chi connectivity index (χ2n) is 7.49. The van der Waals surface area contributed by atoms with Crippen molar-refractivity contribution in [1.82, 2.24) is 0 Å². The molecule has 1 N–H and O–H groups in total. The van der Waals surface area contributed by atoms with Crippen LogP contribution in [0.15, 0.2) is 98.3 Å². The molecule has 0 unspecified atom stereocenters. The molecule has 3 aromatic carbocycles. The molecule has 0 heterocycles. The Hall–Kier alpha value is -3.01. The average molecular weight is 451 g/mol. The van der Waals surface area contributed by atoms with Gasteiger partial charge in [-0.05, 0) is 66.7 Å². The molecule has 162 valence electrons. The van der Waals surface area contributed by atoms with Crippen LogP contribution in [-0.4, -0.2) is 13.4 Å². The van der Waals surface area contributed by atoms with Crippen molar-refractivity contribution in [2.24, 2.45) is 0 Å².